The van der Waals surface area contributed by atoms with E-state index in [2.05, 4.69) is 15.3 Å². The lowest BCUT2D eigenvalue weighted by molar-refractivity contribution is 0.0726. The fraction of sp³-hybridized carbons (Fsp3) is 0.700. The Morgan fingerprint density at radius 1 is 1.57 bits per heavy atom. The van der Waals surface area contributed by atoms with Crippen LogP contribution in [0.3, 0.4) is 0 Å². The summed E-state index contributed by atoms with van der Waals surface area (Å²) in [5, 5.41) is 12.3. The van der Waals surface area contributed by atoms with E-state index in [9.17, 15) is 5.11 Å². The standard InChI is InChI=1S/C10H18N2OS/c1-8-11-9(6-14-8)5-12(4)10(2,3)7-13/h6,13H,5,7H2,1-4H3. The molecule has 1 heterocycles. The summed E-state index contributed by atoms with van der Waals surface area (Å²) in [6.07, 6.45) is 0. The highest BCUT2D eigenvalue weighted by Crippen LogP contribution is 2.16. The number of thiazole rings is 1. The maximum atomic E-state index is 9.19. The van der Waals surface area contributed by atoms with E-state index in [0.29, 0.717) is 0 Å². The van der Waals surface area contributed by atoms with Crippen molar-refractivity contribution < 1.29 is 5.11 Å². The number of aliphatic hydroxyl groups excluding tert-OH is 1. The van der Waals surface area contributed by atoms with Crippen molar-refractivity contribution in [2.75, 3.05) is 13.7 Å². The molecule has 1 aromatic rings. The Bertz CT molecular complexity index is 296. The molecule has 0 aliphatic heterocycles. The topological polar surface area (TPSA) is 36.4 Å². The molecule has 0 fully saturated rings. The van der Waals surface area contributed by atoms with Crippen molar-refractivity contribution in [3.63, 3.8) is 0 Å². The number of hydrogen-bond acceptors (Lipinski definition) is 4. The summed E-state index contributed by atoms with van der Waals surface area (Å²) < 4.78 is 0. The van der Waals surface area contributed by atoms with E-state index in [1.807, 2.05) is 27.8 Å². The Labute approximate surface area is 89.4 Å². The SMILES string of the molecule is Cc1nc(CN(C)C(C)(C)CO)cs1. The lowest BCUT2D eigenvalue weighted by atomic mass is 10.1. The van der Waals surface area contributed by atoms with Crippen LogP contribution in [0.15, 0.2) is 5.38 Å². The highest BCUT2D eigenvalue weighted by atomic mass is 32.1. The maximum absolute atomic E-state index is 9.19. The van der Waals surface area contributed by atoms with E-state index >= 15 is 0 Å². The largest absolute Gasteiger partial charge is 0.394 e. The van der Waals surface area contributed by atoms with E-state index < -0.39 is 0 Å². The Hall–Kier alpha value is -0.450. The van der Waals surface area contributed by atoms with Crippen LogP contribution in [0, 0.1) is 6.92 Å². The highest BCUT2D eigenvalue weighted by Gasteiger charge is 2.22. The average Bonchev–Trinajstić information content (AvgIpc) is 2.51. The van der Waals surface area contributed by atoms with E-state index in [0.717, 1.165) is 17.2 Å². The van der Waals surface area contributed by atoms with Crippen LogP contribution in [0.4, 0.5) is 0 Å². The molecule has 0 aliphatic carbocycles. The molecule has 0 aromatic carbocycles. The van der Waals surface area contributed by atoms with Gasteiger partial charge in [0.15, 0.2) is 0 Å². The molecule has 1 aromatic heterocycles. The van der Waals surface area contributed by atoms with Crippen molar-refractivity contribution in [2.24, 2.45) is 0 Å². The molecule has 0 atom stereocenters. The number of rotatable bonds is 4. The van der Waals surface area contributed by atoms with Crippen LogP contribution < -0.4 is 0 Å². The molecular formula is C10H18N2OS. The number of likely N-dealkylation sites (N-methyl/N-ethyl adjacent to an activating group) is 1. The Kier molecular flexibility index (Phi) is 3.64. The van der Waals surface area contributed by atoms with Crippen molar-refractivity contribution in [2.45, 2.75) is 32.9 Å². The summed E-state index contributed by atoms with van der Waals surface area (Å²) in [6.45, 7) is 6.99. The molecule has 3 nitrogen and oxygen atoms in total. The summed E-state index contributed by atoms with van der Waals surface area (Å²) >= 11 is 1.66. The Morgan fingerprint density at radius 3 is 2.64 bits per heavy atom. The molecule has 4 heteroatoms. The number of nitrogens with zero attached hydrogens (tertiary/aromatic N) is 2. The smallest absolute Gasteiger partial charge is 0.0897 e. The van der Waals surface area contributed by atoms with Gasteiger partial charge in [0.05, 0.1) is 17.3 Å². The van der Waals surface area contributed by atoms with Gasteiger partial charge in [-0.1, -0.05) is 0 Å². The van der Waals surface area contributed by atoms with Crippen LogP contribution in [0.1, 0.15) is 24.5 Å². The first kappa shape index (κ1) is 11.6. The highest BCUT2D eigenvalue weighted by molar-refractivity contribution is 7.09. The predicted octanol–water partition coefficient (Wildman–Crippen LogP) is 1.65. The minimum absolute atomic E-state index is 0.159. The first-order chi connectivity index (χ1) is 6.45. The average molecular weight is 214 g/mol. The second-order valence-corrected chi connectivity index (χ2v) is 5.25. The molecule has 0 amide bonds. The summed E-state index contributed by atoms with van der Waals surface area (Å²) in [5.41, 5.74) is 0.897. The van der Waals surface area contributed by atoms with Crippen molar-refractivity contribution in [3.05, 3.63) is 16.1 Å². The van der Waals surface area contributed by atoms with E-state index in [1.54, 1.807) is 11.3 Å². The van der Waals surface area contributed by atoms with Gasteiger partial charge >= 0.3 is 0 Å². The van der Waals surface area contributed by atoms with Gasteiger partial charge in [0, 0.05) is 17.5 Å². The molecular weight excluding hydrogens is 196 g/mol. The normalized spacial score (nSPS) is 12.4. The van der Waals surface area contributed by atoms with Crippen LogP contribution in [0.25, 0.3) is 0 Å². The Morgan fingerprint density at radius 2 is 2.21 bits per heavy atom. The summed E-state index contributed by atoms with van der Waals surface area (Å²) in [5.74, 6) is 0. The number of aromatic nitrogens is 1. The second-order valence-electron chi connectivity index (χ2n) is 4.18. The zero-order valence-electron chi connectivity index (χ0n) is 9.24. The second kappa shape index (κ2) is 4.38. The van der Waals surface area contributed by atoms with Crippen LogP contribution >= 0.6 is 11.3 Å². The molecule has 1 rings (SSSR count). The molecule has 0 saturated carbocycles. The summed E-state index contributed by atoms with van der Waals surface area (Å²) in [6, 6.07) is 0. The van der Waals surface area contributed by atoms with Gasteiger partial charge in [0.25, 0.3) is 0 Å². The minimum Gasteiger partial charge on any atom is -0.394 e. The zero-order valence-corrected chi connectivity index (χ0v) is 10.1. The molecule has 14 heavy (non-hydrogen) atoms. The Balaban J connectivity index is 2.61. The predicted molar refractivity (Wildman–Crippen MR) is 59.5 cm³/mol. The zero-order chi connectivity index (χ0) is 10.8. The summed E-state index contributed by atoms with van der Waals surface area (Å²) in [7, 11) is 2.00. The van der Waals surface area contributed by atoms with Gasteiger partial charge in [0.1, 0.15) is 0 Å². The minimum atomic E-state index is -0.183. The molecule has 0 radical (unpaired) electrons. The molecule has 0 saturated heterocycles. The fourth-order valence-electron chi connectivity index (χ4n) is 1.06. The van der Waals surface area contributed by atoms with Crippen LogP contribution in [-0.4, -0.2) is 34.2 Å². The van der Waals surface area contributed by atoms with Crippen LogP contribution in [0.5, 0.6) is 0 Å². The third kappa shape index (κ3) is 2.77. The fourth-order valence-corrected chi connectivity index (χ4v) is 1.66. The molecule has 0 spiro atoms. The monoisotopic (exact) mass is 214 g/mol. The van der Waals surface area contributed by atoms with Gasteiger partial charge in [-0.3, -0.25) is 4.90 Å². The maximum Gasteiger partial charge on any atom is 0.0897 e. The molecule has 0 unspecified atom stereocenters. The van der Waals surface area contributed by atoms with Crippen molar-refractivity contribution in [3.8, 4) is 0 Å². The van der Waals surface area contributed by atoms with Crippen molar-refractivity contribution in [1.29, 1.82) is 0 Å². The van der Waals surface area contributed by atoms with Crippen LogP contribution in [-0.2, 0) is 6.54 Å². The lowest BCUT2D eigenvalue weighted by Crippen LogP contribution is -2.43. The number of aliphatic hydroxyl groups is 1. The first-order valence-electron chi connectivity index (χ1n) is 4.69. The van der Waals surface area contributed by atoms with Crippen molar-refractivity contribution in [1.82, 2.24) is 9.88 Å². The van der Waals surface area contributed by atoms with Gasteiger partial charge in [-0.05, 0) is 27.8 Å². The third-order valence-corrected chi connectivity index (χ3v) is 3.31. The van der Waals surface area contributed by atoms with E-state index in [4.69, 9.17) is 0 Å². The first-order valence-corrected chi connectivity index (χ1v) is 5.57. The lowest BCUT2D eigenvalue weighted by Gasteiger charge is -2.33. The van der Waals surface area contributed by atoms with Gasteiger partial charge in [-0.25, -0.2) is 4.98 Å². The number of aryl methyl sites for hydroxylation is 1. The van der Waals surface area contributed by atoms with Crippen LogP contribution in [0.2, 0.25) is 0 Å². The third-order valence-electron chi connectivity index (χ3n) is 2.49. The van der Waals surface area contributed by atoms with E-state index in [1.165, 1.54) is 0 Å². The molecule has 80 valence electrons. The van der Waals surface area contributed by atoms with Gasteiger partial charge < -0.3 is 5.11 Å². The van der Waals surface area contributed by atoms with Crippen molar-refractivity contribution >= 4 is 11.3 Å². The van der Waals surface area contributed by atoms with E-state index in [-0.39, 0.29) is 12.1 Å². The van der Waals surface area contributed by atoms with Gasteiger partial charge in [-0.15, -0.1) is 11.3 Å². The summed E-state index contributed by atoms with van der Waals surface area (Å²) in [4.78, 5) is 6.51. The van der Waals surface area contributed by atoms with Gasteiger partial charge in [0.2, 0.25) is 0 Å². The molecule has 0 bridgehead atoms. The molecule has 0 aliphatic rings. The molecule has 1 N–H and O–H groups in total. The quantitative estimate of drug-likeness (QED) is 0.828. The number of hydrogen-bond donors (Lipinski definition) is 1. The van der Waals surface area contributed by atoms with Gasteiger partial charge in [-0.2, -0.15) is 0 Å².